The van der Waals surface area contributed by atoms with E-state index in [4.69, 9.17) is 9.84 Å². The minimum atomic E-state index is -0.824. The number of anilines is 1. The van der Waals surface area contributed by atoms with Gasteiger partial charge in [0, 0.05) is 12.2 Å². The maximum atomic E-state index is 10.9. The van der Waals surface area contributed by atoms with Gasteiger partial charge in [0.15, 0.2) is 0 Å². The van der Waals surface area contributed by atoms with Crippen LogP contribution in [-0.4, -0.2) is 18.2 Å². The third-order valence-electron chi connectivity index (χ3n) is 3.09. The Morgan fingerprint density at radius 1 is 1.24 bits per heavy atom. The topological polar surface area (TPSA) is 58.6 Å². The van der Waals surface area contributed by atoms with Gasteiger partial charge in [-0.15, -0.1) is 0 Å². The van der Waals surface area contributed by atoms with Gasteiger partial charge < -0.3 is 15.2 Å². The largest absolute Gasteiger partial charge is 0.496 e. The second kappa shape index (κ2) is 7.13. The summed E-state index contributed by atoms with van der Waals surface area (Å²) in [6.45, 7) is 0.572. The molecule has 0 spiro atoms. The predicted molar refractivity (Wildman–Crippen MR) is 85.8 cm³/mol. The van der Waals surface area contributed by atoms with Crippen molar-refractivity contribution < 1.29 is 14.6 Å². The summed E-state index contributed by atoms with van der Waals surface area (Å²) in [7, 11) is 1.62. The van der Waals surface area contributed by atoms with Crippen LogP contribution in [0.2, 0.25) is 0 Å². The highest BCUT2D eigenvalue weighted by molar-refractivity contribution is 9.10. The fourth-order valence-electron chi connectivity index (χ4n) is 2.04. The van der Waals surface area contributed by atoms with Crippen LogP contribution in [0.25, 0.3) is 0 Å². The normalized spacial score (nSPS) is 10.2. The van der Waals surface area contributed by atoms with E-state index in [9.17, 15) is 4.79 Å². The summed E-state index contributed by atoms with van der Waals surface area (Å²) >= 11 is 3.44. The molecule has 2 rings (SSSR count). The lowest BCUT2D eigenvalue weighted by molar-refractivity contribution is -0.136. The number of carboxylic acid groups (broad SMARTS) is 1. The molecule has 0 aliphatic heterocycles. The fourth-order valence-corrected chi connectivity index (χ4v) is 2.58. The molecule has 0 radical (unpaired) electrons. The Hall–Kier alpha value is -2.01. The van der Waals surface area contributed by atoms with Crippen molar-refractivity contribution in [1.82, 2.24) is 0 Å². The molecule has 0 heterocycles. The quantitative estimate of drug-likeness (QED) is 0.834. The van der Waals surface area contributed by atoms with Crippen molar-refractivity contribution in [2.45, 2.75) is 13.0 Å². The third-order valence-corrected chi connectivity index (χ3v) is 3.71. The van der Waals surface area contributed by atoms with Crippen LogP contribution in [0, 0.1) is 0 Å². The van der Waals surface area contributed by atoms with Crippen LogP contribution in [0.4, 0.5) is 5.69 Å². The molecule has 2 N–H and O–H groups in total. The van der Waals surface area contributed by atoms with Gasteiger partial charge >= 0.3 is 5.97 Å². The molecule has 0 saturated carbocycles. The van der Waals surface area contributed by atoms with Gasteiger partial charge in [-0.2, -0.15) is 0 Å². The molecule has 0 saturated heterocycles. The van der Waals surface area contributed by atoms with Crippen LogP contribution in [0.15, 0.2) is 46.9 Å². The van der Waals surface area contributed by atoms with Gasteiger partial charge in [0.05, 0.1) is 18.0 Å². The highest BCUT2D eigenvalue weighted by Crippen LogP contribution is 2.28. The molecule has 0 atom stereocenters. The average molecular weight is 350 g/mol. The summed E-state index contributed by atoms with van der Waals surface area (Å²) in [5, 5.41) is 12.2. The Balaban J connectivity index is 2.09. The molecule has 0 aliphatic rings. The Morgan fingerprint density at radius 2 is 1.95 bits per heavy atom. The molecule has 5 heteroatoms. The third kappa shape index (κ3) is 4.23. The molecule has 0 bridgehead atoms. The van der Waals surface area contributed by atoms with Gasteiger partial charge in [-0.3, -0.25) is 4.79 Å². The number of halogens is 1. The summed E-state index contributed by atoms with van der Waals surface area (Å²) in [6, 6.07) is 13.3. The molecule has 0 amide bonds. The van der Waals surface area contributed by atoms with E-state index in [1.807, 2.05) is 42.5 Å². The van der Waals surface area contributed by atoms with Crippen molar-refractivity contribution in [2.75, 3.05) is 12.4 Å². The zero-order valence-corrected chi connectivity index (χ0v) is 13.2. The summed E-state index contributed by atoms with van der Waals surface area (Å²) < 4.78 is 6.05. The van der Waals surface area contributed by atoms with Crippen molar-refractivity contribution in [3.8, 4) is 5.75 Å². The highest BCUT2D eigenvalue weighted by Gasteiger charge is 2.07. The lowest BCUT2D eigenvalue weighted by atomic mass is 10.0. The molecular weight excluding hydrogens is 334 g/mol. The van der Waals surface area contributed by atoms with Crippen molar-refractivity contribution in [1.29, 1.82) is 0 Å². The van der Waals surface area contributed by atoms with Crippen LogP contribution >= 0.6 is 15.9 Å². The number of aliphatic carboxylic acids is 1. The number of hydrogen-bond donors (Lipinski definition) is 2. The number of rotatable bonds is 6. The van der Waals surface area contributed by atoms with E-state index >= 15 is 0 Å². The molecule has 0 aliphatic carbocycles. The van der Waals surface area contributed by atoms with E-state index in [1.165, 1.54) is 0 Å². The monoisotopic (exact) mass is 349 g/mol. The lowest BCUT2D eigenvalue weighted by Gasteiger charge is -2.11. The summed E-state index contributed by atoms with van der Waals surface area (Å²) in [6.07, 6.45) is 0.0319. The van der Waals surface area contributed by atoms with Crippen molar-refractivity contribution in [3.05, 3.63) is 58.1 Å². The molecule has 2 aromatic rings. The van der Waals surface area contributed by atoms with Crippen molar-refractivity contribution in [3.63, 3.8) is 0 Å². The first kappa shape index (κ1) is 15.4. The van der Waals surface area contributed by atoms with E-state index in [2.05, 4.69) is 21.2 Å². The predicted octanol–water partition coefficient (Wildman–Crippen LogP) is 3.70. The average Bonchev–Trinajstić information content (AvgIpc) is 2.46. The summed E-state index contributed by atoms with van der Waals surface area (Å²) in [4.78, 5) is 10.9. The lowest BCUT2D eigenvalue weighted by Crippen LogP contribution is -2.07. The van der Waals surface area contributed by atoms with E-state index < -0.39 is 5.97 Å². The Bertz CT molecular complexity index is 643. The van der Waals surface area contributed by atoms with Crippen molar-refractivity contribution >= 4 is 27.6 Å². The highest BCUT2D eigenvalue weighted by atomic mass is 79.9. The maximum Gasteiger partial charge on any atom is 0.307 e. The molecule has 21 heavy (non-hydrogen) atoms. The van der Waals surface area contributed by atoms with Crippen LogP contribution in [-0.2, 0) is 17.8 Å². The van der Waals surface area contributed by atoms with Crippen LogP contribution in [0.3, 0.4) is 0 Å². The van der Waals surface area contributed by atoms with E-state index in [1.54, 1.807) is 7.11 Å². The van der Waals surface area contributed by atoms with Gasteiger partial charge in [0.2, 0.25) is 0 Å². The van der Waals surface area contributed by atoms with E-state index in [-0.39, 0.29) is 6.42 Å². The number of ether oxygens (including phenoxy) is 1. The Labute approximate surface area is 131 Å². The van der Waals surface area contributed by atoms with Gasteiger partial charge in [-0.25, -0.2) is 0 Å². The molecule has 0 unspecified atom stereocenters. The van der Waals surface area contributed by atoms with Crippen LogP contribution in [0.5, 0.6) is 5.75 Å². The standard InChI is InChI=1S/C16H16BrNO3/c1-21-15-7-6-13(9-14(15)17)18-10-12-5-3-2-4-11(12)8-16(19)20/h2-7,9,18H,8,10H2,1H3,(H,19,20). The second-order valence-corrected chi connectivity index (χ2v) is 5.40. The van der Waals surface area contributed by atoms with E-state index in [0.717, 1.165) is 27.0 Å². The van der Waals surface area contributed by atoms with Gasteiger partial charge in [0.25, 0.3) is 0 Å². The molecule has 110 valence electrons. The number of hydrogen-bond acceptors (Lipinski definition) is 3. The zero-order valence-electron chi connectivity index (χ0n) is 11.6. The maximum absolute atomic E-state index is 10.9. The minimum Gasteiger partial charge on any atom is -0.496 e. The zero-order chi connectivity index (χ0) is 15.2. The molecule has 4 nitrogen and oxygen atoms in total. The SMILES string of the molecule is COc1ccc(NCc2ccccc2CC(=O)O)cc1Br. The Kier molecular flexibility index (Phi) is 5.22. The second-order valence-electron chi connectivity index (χ2n) is 4.54. The number of nitrogens with one attached hydrogen (secondary N) is 1. The number of carbonyl (C=O) groups is 1. The summed E-state index contributed by atoms with van der Waals surface area (Å²) in [5.41, 5.74) is 2.74. The number of benzene rings is 2. The number of carboxylic acids is 1. The fraction of sp³-hybridized carbons (Fsp3) is 0.188. The van der Waals surface area contributed by atoms with Gasteiger partial charge in [0.1, 0.15) is 5.75 Å². The molecular formula is C16H16BrNO3. The molecule has 0 aromatic heterocycles. The van der Waals surface area contributed by atoms with Gasteiger partial charge in [-0.1, -0.05) is 24.3 Å². The first-order valence-corrected chi connectivity index (χ1v) is 7.25. The molecule has 2 aromatic carbocycles. The smallest absolute Gasteiger partial charge is 0.307 e. The Morgan fingerprint density at radius 3 is 2.57 bits per heavy atom. The first-order chi connectivity index (χ1) is 10.1. The van der Waals surface area contributed by atoms with Gasteiger partial charge in [-0.05, 0) is 45.3 Å². The number of methoxy groups -OCH3 is 1. The van der Waals surface area contributed by atoms with Crippen LogP contribution < -0.4 is 10.1 Å². The van der Waals surface area contributed by atoms with Crippen molar-refractivity contribution in [2.24, 2.45) is 0 Å². The molecule has 0 fully saturated rings. The summed E-state index contributed by atoms with van der Waals surface area (Å²) in [5.74, 6) is -0.0542. The van der Waals surface area contributed by atoms with E-state index in [0.29, 0.717) is 6.54 Å². The minimum absolute atomic E-state index is 0.0319. The van der Waals surface area contributed by atoms with Crippen LogP contribution in [0.1, 0.15) is 11.1 Å². The first-order valence-electron chi connectivity index (χ1n) is 6.46.